The van der Waals surface area contributed by atoms with E-state index in [0.717, 1.165) is 0 Å². The smallest absolute Gasteiger partial charge is 0.357 e. The van der Waals surface area contributed by atoms with Crippen molar-refractivity contribution in [2.45, 2.75) is 26.4 Å². The van der Waals surface area contributed by atoms with Crippen LogP contribution in [0.15, 0.2) is 10.6 Å². The summed E-state index contributed by atoms with van der Waals surface area (Å²) >= 11 is 0. The quantitative estimate of drug-likeness (QED) is 0.815. The monoisotopic (exact) mass is 210 g/mol. The summed E-state index contributed by atoms with van der Waals surface area (Å²) in [6, 6.07) is 1.22. The molecule has 1 aromatic heterocycles. The fourth-order valence-corrected chi connectivity index (χ4v) is 0.718. The Morgan fingerprint density at radius 1 is 1.43 bits per heavy atom. The highest BCUT2D eigenvalue weighted by Gasteiger charge is 2.29. The van der Waals surface area contributed by atoms with Crippen LogP contribution in [0.25, 0.3) is 0 Å². The molecule has 1 rings (SSSR count). The van der Waals surface area contributed by atoms with Gasteiger partial charge in [-0.2, -0.15) is 13.2 Å². The molecule has 0 radical (unpaired) electrons. The first-order chi connectivity index (χ1) is 6.51. The van der Waals surface area contributed by atoms with Crippen LogP contribution < -0.4 is 5.32 Å². The Morgan fingerprint density at radius 3 is 2.36 bits per heavy atom. The third kappa shape index (κ3) is 4.74. The van der Waals surface area contributed by atoms with Gasteiger partial charge >= 0.3 is 6.18 Å². The number of hydrogen-bond donors (Lipinski definition) is 1. The predicted molar refractivity (Wildman–Crippen MR) is 47.2 cm³/mol. The van der Waals surface area contributed by atoms with Gasteiger partial charge in [0, 0.05) is 13.1 Å². The Morgan fingerprint density at radius 2 is 2.00 bits per heavy atom. The molecule has 0 aliphatic rings. The van der Waals surface area contributed by atoms with Crippen molar-refractivity contribution in [2.75, 3.05) is 12.4 Å². The van der Waals surface area contributed by atoms with E-state index >= 15 is 0 Å². The highest BCUT2D eigenvalue weighted by molar-refractivity contribution is 5.30. The lowest BCUT2D eigenvalue weighted by Crippen LogP contribution is -2.11. The van der Waals surface area contributed by atoms with Crippen LogP contribution in [0.2, 0.25) is 0 Å². The second kappa shape index (κ2) is 5.51. The van der Waals surface area contributed by atoms with Crippen LogP contribution >= 0.6 is 0 Å². The molecule has 0 saturated carbocycles. The number of nitrogens with one attached hydrogen (secondary N) is 1. The van der Waals surface area contributed by atoms with Crippen molar-refractivity contribution in [1.82, 2.24) is 5.16 Å². The summed E-state index contributed by atoms with van der Waals surface area (Å²) < 4.78 is 39.8. The van der Waals surface area contributed by atoms with Crippen LogP contribution in [0.3, 0.4) is 0 Å². The minimum atomic E-state index is -4.23. The van der Waals surface area contributed by atoms with Crippen LogP contribution in [0.5, 0.6) is 0 Å². The van der Waals surface area contributed by atoms with Crippen molar-refractivity contribution in [2.24, 2.45) is 0 Å². The van der Waals surface area contributed by atoms with Crippen molar-refractivity contribution in [3.05, 3.63) is 11.8 Å². The molecule has 82 valence electrons. The van der Waals surface area contributed by atoms with Gasteiger partial charge in [0.15, 0.2) is 0 Å². The van der Waals surface area contributed by atoms with E-state index in [9.17, 15) is 13.2 Å². The van der Waals surface area contributed by atoms with E-state index in [1.807, 2.05) is 13.8 Å². The zero-order valence-corrected chi connectivity index (χ0v) is 8.27. The standard InChI is InChI=1S/C6H7F3N2O.C2H6/c1-10-5-2-4(11-12-5)3-6(7,8)9;1-2/h2,10H,3H2,1H3;1-2H3. The average Bonchev–Trinajstić information content (AvgIpc) is 2.53. The summed E-state index contributed by atoms with van der Waals surface area (Å²) in [6.45, 7) is 4.00. The van der Waals surface area contributed by atoms with Gasteiger partial charge in [-0.15, -0.1) is 0 Å². The normalized spacial score (nSPS) is 10.4. The number of halogens is 3. The van der Waals surface area contributed by atoms with Gasteiger partial charge in [-0.05, 0) is 0 Å². The highest BCUT2D eigenvalue weighted by Crippen LogP contribution is 2.21. The number of nitrogens with zero attached hydrogens (tertiary/aromatic N) is 1. The molecule has 0 aliphatic carbocycles. The molecular weight excluding hydrogens is 197 g/mol. The van der Waals surface area contributed by atoms with E-state index in [1.165, 1.54) is 13.1 Å². The van der Waals surface area contributed by atoms with Crippen LogP contribution in [0, 0.1) is 0 Å². The fourth-order valence-electron chi connectivity index (χ4n) is 0.718. The van der Waals surface area contributed by atoms with E-state index in [1.54, 1.807) is 0 Å². The zero-order valence-electron chi connectivity index (χ0n) is 8.27. The van der Waals surface area contributed by atoms with E-state index in [2.05, 4.69) is 15.0 Å². The first kappa shape index (κ1) is 12.8. The lowest BCUT2D eigenvalue weighted by Gasteiger charge is -2.00. The van der Waals surface area contributed by atoms with Crippen LogP contribution in [0.4, 0.5) is 19.1 Å². The minimum Gasteiger partial charge on any atom is -0.357 e. The molecule has 0 bridgehead atoms. The molecule has 6 heteroatoms. The Balaban J connectivity index is 0.000000791. The summed E-state index contributed by atoms with van der Waals surface area (Å²) in [5, 5.41) is 5.75. The first-order valence-electron chi connectivity index (χ1n) is 4.21. The molecule has 0 saturated heterocycles. The molecule has 0 fully saturated rings. The van der Waals surface area contributed by atoms with Crippen molar-refractivity contribution < 1.29 is 17.7 Å². The molecule has 0 aliphatic heterocycles. The van der Waals surface area contributed by atoms with Crippen LogP contribution in [-0.2, 0) is 6.42 Å². The highest BCUT2D eigenvalue weighted by atomic mass is 19.4. The minimum absolute atomic E-state index is 0.119. The van der Waals surface area contributed by atoms with Gasteiger partial charge in [-0.3, -0.25) is 0 Å². The van der Waals surface area contributed by atoms with Crippen molar-refractivity contribution in [3.8, 4) is 0 Å². The molecule has 1 heterocycles. The third-order valence-electron chi connectivity index (χ3n) is 1.19. The van der Waals surface area contributed by atoms with Crippen molar-refractivity contribution >= 4 is 5.88 Å². The Hall–Kier alpha value is -1.20. The summed E-state index contributed by atoms with van der Waals surface area (Å²) in [7, 11) is 1.54. The van der Waals surface area contributed by atoms with E-state index < -0.39 is 12.6 Å². The molecule has 14 heavy (non-hydrogen) atoms. The maximum absolute atomic E-state index is 11.8. The number of anilines is 1. The number of aromatic nitrogens is 1. The molecule has 0 amide bonds. The number of hydrogen-bond acceptors (Lipinski definition) is 3. The second-order valence-electron chi connectivity index (χ2n) is 2.22. The molecule has 0 unspecified atom stereocenters. The summed E-state index contributed by atoms with van der Waals surface area (Å²) in [5.74, 6) is 0.231. The maximum Gasteiger partial charge on any atom is 0.394 e. The molecular formula is C8H13F3N2O. The Labute approximate surface area is 80.3 Å². The largest absolute Gasteiger partial charge is 0.394 e. The fraction of sp³-hybridized carbons (Fsp3) is 0.625. The third-order valence-corrected chi connectivity index (χ3v) is 1.19. The van der Waals surface area contributed by atoms with Gasteiger partial charge < -0.3 is 9.84 Å². The van der Waals surface area contributed by atoms with Gasteiger partial charge in [0.2, 0.25) is 5.88 Å². The molecule has 0 atom stereocenters. The summed E-state index contributed by atoms with van der Waals surface area (Å²) in [5.41, 5.74) is -0.119. The SMILES string of the molecule is CC.CNc1cc(CC(F)(F)F)no1. The maximum atomic E-state index is 11.8. The van der Waals surface area contributed by atoms with Crippen molar-refractivity contribution in [3.63, 3.8) is 0 Å². The van der Waals surface area contributed by atoms with Gasteiger partial charge in [0.1, 0.15) is 0 Å². The summed E-state index contributed by atoms with van der Waals surface area (Å²) in [4.78, 5) is 0. The van der Waals surface area contributed by atoms with Gasteiger partial charge in [0.25, 0.3) is 0 Å². The van der Waals surface area contributed by atoms with Crippen LogP contribution in [0.1, 0.15) is 19.5 Å². The number of alkyl halides is 3. The number of rotatable bonds is 2. The molecule has 1 aromatic rings. The van der Waals surface area contributed by atoms with Gasteiger partial charge in [-0.1, -0.05) is 19.0 Å². The molecule has 0 spiro atoms. The summed E-state index contributed by atoms with van der Waals surface area (Å²) in [6.07, 6.45) is -5.29. The second-order valence-corrected chi connectivity index (χ2v) is 2.22. The van der Waals surface area contributed by atoms with E-state index in [-0.39, 0.29) is 11.6 Å². The van der Waals surface area contributed by atoms with E-state index in [4.69, 9.17) is 0 Å². The lowest BCUT2D eigenvalue weighted by atomic mass is 10.3. The zero-order chi connectivity index (χ0) is 11.2. The van der Waals surface area contributed by atoms with Gasteiger partial charge in [0.05, 0.1) is 12.1 Å². The Bertz CT molecular complexity index is 257. The average molecular weight is 210 g/mol. The predicted octanol–water partition coefficient (Wildman–Crippen LogP) is 2.85. The lowest BCUT2D eigenvalue weighted by molar-refractivity contribution is -0.128. The molecule has 0 aromatic carbocycles. The van der Waals surface area contributed by atoms with Crippen molar-refractivity contribution in [1.29, 1.82) is 0 Å². The van der Waals surface area contributed by atoms with E-state index in [0.29, 0.717) is 0 Å². The topological polar surface area (TPSA) is 38.1 Å². The first-order valence-corrected chi connectivity index (χ1v) is 4.21. The molecule has 3 nitrogen and oxygen atoms in total. The Kier molecular flexibility index (Phi) is 5.04. The van der Waals surface area contributed by atoms with Gasteiger partial charge in [-0.25, -0.2) is 0 Å². The molecule has 1 N–H and O–H groups in total. The van der Waals surface area contributed by atoms with Crippen LogP contribution in [-0.4, -0.2) is 18.4 Å².